The minimum absolute atomic E-state index is 0.132. The summed E-state index contributed by atoms with van der Waals surface area (Å²) in [5, 5.41) is 13.8. The van der Waals surface area contributed by atoms with E-state index in [9.17, 15) is 4.79 Å². The SMILES string of the molecule is Cc1cccc(-n2c(SCC(=O)Nc3ncc(Cc4c(Cl)cccc4Cl)s3)nnc2-c2ccco2)c1. The molecule has 36 heavy (non-hydrogen) atoms. The Morgan fingerprint density at radius 1 is 1.11 bits per heavy atom. The number of amides is 1. The van der Waals surface area contributed by atoms with Gasteiger partial charge in [-0.05, 0) is 54.4 Å². The van der Waals surface area contributed by atoms with Crippen LogP contribution >= 0.6 is 46.3 Å². The summed E-state index contributed by atoms with van der Waals surface area (Å²) in [6.45, 7) is 2.02. The molecule has 1 amide bonds. The largest absolute Gasteiger partial charge is 0.461 e. The van der Waals surface area contributed by atoms with Crippen molar-refractivity contribution >= 4 is 57.3 Å². The number of hydrogen-bond donors (Lipinski definition) is 1. The van der Waals surface area contributed by atoms with Gasteiger partial charge in [0.15, 0.2) is 16.0 Å². The van der Waals surface area contributed by atoms with E-state index in [4.69, 9.17) is 27.6 Å². The van der Waals surface area contributed by atoms with E-state index in [1.807, 2.05) is 47.9 Å². The van der Waals surface area contributed by atoms with Crippen molar-refractivity contribution in [3.8, 4) is 17.3 Å². The van der Waals surface area contributed by atoms with Gasteiger partial charge in [0.1, 0.15) is 0 Å². The fraction of sp³-hybridized carbons (Fsp3) is 0.120. The summed E-state index contributed by atoms with van der Waals surface area (Å²) in [6.07, 6.45) is 3.85. The number of thioether (sulfide) groups is 1. The molecule has 0 aliphatic rings. The number of nitrogens with zero attached hydrogens (tertiary/aromatic N) is 4. The van der Waals surface area contributed by atoms with Crippen molar-refractivity contribution in [1.82, 2.24) is 19.7 Å². The molecule has 0 bridgehead atoms. The molecule has 0 fully saturated rings. The molecule has 0 aliphatic heterocycles. The molecule has 3 heterocycles. The molecule has 0 saturated carbocycles. The Balaban J connectivity index is 1.28. The van der Waals surface area contributed by atoms with Crippen molar-refractivity contribution in [2.45, 2.75) is 18.5 Å². The fourth-order valence-corrected chi connectivity index (χ4v) is 5.66. The van der Waals surface area contributed by atoms with Crippen LogP contribution < -0.4 is 5.32 Å². The van der Waals surface area contributed by atoms with Crippen LogP contribution in [0.5, 0.6) is 0 Å². The second kappa shape index (κ2) is 10.9. The Labute approximate surface area is 225 Å². The van der Waals surface area contributed by atoms with Gasteiger partial charge in [-0.15, -0.1) is 21.5 Å². The zero-order valence-corrected chi connectivity index (χ0v) is 22.1. The van der Waals surface area contributed by atoms with Gasteiger partial charge in [-0.25, -0.2) is 4.98 Å². The zero-order chi connectivity index (χ0) is 25.1. The highest BCUT2D eigenvalue weighted by molar-refractivity contribution is 7.99. The maximum atomic E-state index is 12.7. The van der Waals surface area contributed by atoms with Gasteiger partial charge in [-0.2, -0.15) is 0 Å². The van der Waals surface area contributed by atoms with E-state index in [2.05, 4.69) is 20.5 Å². The molecular formula is C25H19Cl2N5O2S2. The van der Waals surface area contributed by atoms with Gasteiger partial charge in [-0.1, -0.05) is 53.2 Å². The van der Waals surface area contributed by atoms with Crippen LogP contribution in [0.2, 0.25) is 10.0 Å². The second-order valence-electron chi connectivity index (χ2n) is 7.80. The number of aryl methyl sites for hydroxylation is 1. The molecule has 0 unspecified atom stereocenters. The third-order valence-corrected chi connectivity index (χ3v) is 7.73. The summed E-state index contributed by atoms with van der Waals surface area (Å²) < 4.78 is 7.44. The summed E-state index contributed by atoms with van der Waals surface area (Å²) >= 11 is 15.2. The van der Waals surface area contributed by atoms with E-state index < -0.39 is 0 Å². The number of thiazole rings is 1. The van der Waals surface area contributed by atoms with Crippen molar-refractivity contribution < 1.29 is 9.21 Å². The summed E-state index contributed by atoms with van der Waals surface area (Å²) in [5.41, 5.74) is 2.82. The topological polar surface area (TPSA) is 85.8 Å². The maximum absolute atomic E-state index is 12.7. The highest BCUT2D eigenvalue weighted by Crippen LogP contribution is 2.31. The lowest BCUT2D eigenvalue weighted by molar-refractivity contribution is -0.113. The lowest BCUT2D eigenvalue weighted by Gasteiger charge is -2.10. The Kier molecular flexibility index (Phi) is 7.43. The Morgan fingerprint density at radius 2 is 1.92 bits per heavy atom. The van der Waals surface area contributed by atoms with E-state index >= 15 is 0 Å². The number of carbonyl (C=O) groups is 1. The zero-order valence-electron chi connectivity index (χ0n) is 18.9. The Hall–Kier alpha value is -3.11. The van der Waals surface area contributed by atoms with Crippen LogP contribution in [0.15, 0.2) is 76.6 Å². The van der Waals surface area contributed by atoms with E-state index in [-0.39, 0.29) is 11.7 Å². The van der Waals surface area contributed by atoms with Crippen LogP contribution in [-0.4, -0.2) is 31.4 Å². The molecule has 0 aliphatic carbocycles. The Bertz CT molecular complexity index is 1490. The monoisotopic (exact) mass is 555 g/mol. The minimum Gasteiger partial charge on any atom is -0.461 e. The van der Waals surface area contributed by atoms with Crippen molar-refractivity contribution in [3.63, 3.8) is 0 Å². The second-order valence-corrected chi connectivity index (χ2v) is 10.7. The number of hydrogen-bond acceptors (Lipinski definition) is 7. The average Bonchev–Trinajstić information content (AvgIpc) is 3.61. The number of anilines is 1. The summed E-state index contributed by atoms with van der Waals surface area (Å²) in [5.74, 6) is 1.09. The highest BCUT2D eigenvalue weighted by atomic mass is 35.5. The van der Waals surface area contributed by atoms with Gasteiger partial charge in [0, 0.05) is 27.5 Å². The molecule has 0 atom stereocenters. The number of halogens is 2. The molecule has 3 aromatic heterocycles. The minimum atomic E-state index is -0.199. The first-order chi connectivity index (χ1) is 17.5. The lowest BCUT2D eigenvalue weighted by Crippen LogP contribution is -2.14. The van der Waals surface area contributed by atoms with E-state index in [0.29, 0.717) is 38.3 Å². The fourth-order valence-electron chi connectivity index (χ4n) is 3.54. The van der Waals surface area contributed by atoms with Crippen LogP contribution in [0, 0.1) is 6.92 Å². The molecule has 5 rings (SSSR count). The molecule has 0 spiro atoms. The molecule has 0 radical (unpaired) electrons. The number of nitrogens with one attached hydrogen (secondary N) is 1. The Morgan fingerprint density at radius 3 is 2.67 bits per heavy atom. The van der Waals surface area contributed by atoms with Gasteiger partial charge in [0.2, 0.25) is 11.7 Å². The number of carbonyl (C=O) groups excluding carboxylic acids is 1. The van der Waals surface area contributed by atoms with Gasteiger partial charge >= 0.3 is 0 Å². The average molecular weight is 557 g/mol. The first-order valence-corrected chi connectivity index (χ1v) is 13.4. The van der Waals surface area contributed by atoms with Crippen LogP contribution in [0.25, 0.3) is 17.3 Å². The smallest absolute Gasteiger partial charge is 0.236 e. The molecule has 7 nitrogen and oxygen atoms in total. The van der Waals surface area contributed by atoms with Crippen LogP contribution in [0.1, 0.15) is 16.0 Å². The first-order valence-electron chi connectivity index (χ1n) is 10.8. The molecule has 0 saturated heterocycles. The molecule has 1 N–H and O–H groups in total. The summed E-state index contributed by atoms with van der Waals surface area (Å²) in [7, 11) is 0. The van der Waals surface area contributed by atoms with Gasteiger partial charge in [-0.3, -0.25) is 9.36 Å². The van der Waals surface area contributed by atoms with E-state index in [0.717, 1.165) is 21.7 Å². The number of rotatable bonds is 8. The van der Waals surface area contributed by atoms with Gasteiger partial charge in [0.05, 0.1) is 17.7 Å². The van der Waals surface area contributed by atoms with Crippen molar-refractivity contribution in [2.24, 2.45) is 0 Å². The van der Waals surface area contributed by atoms with Crippen LogP contribution in [0.3, 0.4) is 0 Å². The summed E-state index contributed by atoms with van der Waals surface area (Å²) in [6, 6.07) is 17.0. The number of aromatic nitrogens is 4. The molecule has 182 valence electrons. The standard InChI is InChI=1S/C25H19Cl2N5O2S2/c1-15-5-2-6-16(11-15)32-23(21-9-4-10-34-21)30-31-25(32)35-14-22(33)29-24-28-13-17(36-24)12-18-19(26)7-3-8-20(18)27/h2-11,13H,12,14H2,1H3,(H,28,29,33). The third-order valence-electron chi connectivity index (χ3n) is 5.18. The van der Waals surface area contributed by atoms with Crippen LogP contribution in [-0.2, 0) is 11.2 Å². The van der Waals surface area contributed by atoms with Crippen molar-refractivity contribution in [1.29, 1.82) is 0 Å². The van der Waals surface area contributed by atoms with Crippen molar-refractivity contribution in [3.05, 3.63) is 93.1 Å². The first kappa shape index (κ1) is 24.6. The van der Waals surface area contributed by atoms with Crippen LogP contribution in [0.4, 0.5) is 5.13 Å². The summed E-state index contributed by atoms with van der Waals surface area (Å²) in [4.78, 5) is 18.0. The molecular weight excluding hydrogens is 537 g/mol. The third kappa shape index (κ3) is 5.49. The van der Waals surface area contributed by atoms with E-state index in [1.54, 1.807) is 30.7 Å². The molecule has 2 aromatic carbocycles. The number of furan rings is 1. The predicted molar refractivity (Wildman–Crippen MR) is 145 cm³/mol. The molecule has 5 aromatic rings. The predicted octanol–water partition coefficient (Wildman–Crippen LogP) is 6.92. The van der Waals surface area contributed by atoms with E-state index in [1.165, 1.54) is 23.1 Å². The normalized spacial score (nSPS) is 11.1. The quantitative estimate of drug-likeness (QED) is 0.209. The lowest BCUT2D eigenvalue weighted by atomic mass is 10.1. The molecule has 11 heteroatoms. The van der Waals surface area contributed by atoms with Gasteiger partial charge < -0.3 is 9.73 Å². The number of benzene rings is 2. The highest BCUT2D eigenvalue weighted by Gasteiger charge is 2.19. The maximum Gasteiger partial charge on any atom is 0.236 e. The van der Waals surface area contributed by atoms with Gasteiger partial charge in [0.25, 0.3) is 0 Å². The van der Waals surface area contributed by atoms with Crippen molar-refractivity contribution in [2.75, 3.05) is 11.1 Å².